The third kappa shape index (κ3) is 3.81. The van der Waals surface area contributed by atoms with Crippen LogP contribution in [0.4, 0.5) is 0 Å². The normalized spacial score (nSPS) is 11.8. The van der Waals surface area contributed by atoms with Gasteiger partial charge in [0.25, 0.3) is 0 Å². The van der Waals surface area contributed by atoms with Crippen LogP contribution in [0.1, 0.15) is 19.4 Å². The summed E-state index contributed by atoms with van der Waals surface area (Å²) in [5, 5.41) is 0. The molecule has 0 heterocycles. The fourth-order valence-electron chi connectivity index (χ4n) is 1.56. The Morgan fingerprint density at radius 2 is 1.65 bits per heavy atom. The Hall–Kier alpha value is -1.87. The summed E-state index contributed by atoms with van der Waals surface area (Å²) in [4.78, 5) is 0.442. The topological polar surface area (TPSA) is 34.1 Å². The quantitative estimate of drug-likeness (QED) is 0.754. The highest BCUT2D eigenvalue weighted by molar-refractivity contribution is 7.95. The van der Waals surface area contributed by atoms with Gasteiger partial charge in [-0.1, -0.05) is 48.6 Å². The number of sulfone groups is 1. The molecular formula is C17H20O2S. The Morgan fingerprint density at radius 1 is 1.10 bits per heavy atom. The number of rotatable bonds is 5. The summed E-state index contributed by atoms with van der Waals surface area (Å²) in [7, 11) is -3.58. The maximum atomic E-state index is 12.7. The second-order valence-corrected chi connectivity index (χ2v) is 6.74. The fraction of sp³-hybridized carbons (Fsp3) is 0.176. The Kier molecular flexibility index (Phi) is 5.28. The Morgan fingerprint density at radius 3 is 2.10 bits per heavy atom. The molecule has 0 unspecified atom stereocenters. The van der Waals surface area contributed by atoms with Crippen molar-refractivity contribution in [3.05, 3.63) is 77.3 Å². The molecule has 0 radical (unpaired) electrons. The van der Waals surface area contributed by atoms with Crippen LogP contribution in [0.25, 0.3) is 0 Å². The van der Waals surface area contributed by atoms with Crippen molar-refractivity contribution in [3.63, 3.8) is 0 Å². The van der Waals surface area contributed by atoms with Crippen molar-refractivity contribution in [1.29, 1.82) is 0 Å². The van der Waals surface area contributed by atoms with Gasteiger partial charge in [0.1, 0.15) is 0 Å². The van der Waals surface area contributed by atoms with E-state index < -0.39 is 9.84 Å². The lowest BCUT2D eigenvalue weighted by atomic mass is 10.2. The van der Waals surface area contributed by atoms with Gasteiger partial charge in [-0.05, 0) is 44.6 Å². The SMILES string of the molecule is C=CC(=C)C(=CC=C(C)C)S(=O)(=O)c1ccc(C)cc1. The van der Waals surface area contributed by atoms with Crippen LogP contribution < -0.4 is 0 Å². The number of aryl methyl sites for hydroxylation is 1. The van der Waals surface area contributed by atoms with E-state index in [1.54, 1.807) is 36.4 Å². The van der Waals surface area contributed by atoms with Gasteiger partial charge in [0, 0.05) is 0 Å². The maximum absolute atomic E-state index is 12.7. The molecule has 0 atom stereocenters. The molecule has 0 saturated carbocycles. The van der Waals surface area contributed by atoms with Gasteiger partial charge >= 0.3 is 0 Å². The van der Waals surface area contributed by atoms with Crippen LogP contribution in [0.15, 0.2) is 76.6 Å². The zero-order chi connectivity index (χ0) is 15.3. The van der Waals surface area contributed by atoms with E-state index in [9.17, 15) is 8.42 Å². The average molecular weight is 288 g/mol. The van der Waals surface area contributed by atoms with Crippen LogP contribution in [0.5, 0.6) is 0 Å². The van der Waals surface area contributed by atoms with E-state index in [0.29, 0.717) is 5.57 Å². The molecule has 0 N–H and O–H groups in total. The van der Waals surface area contributed by atoms with E-state index in [1.165, 1.54) is 6.08 Å². The van der Waals surface area contributed by atoms with Gasteiger partial charge in [-0.25, -0.2) is 8.42 Å². The van der Waals surface area contributed by atoms with Crippen LogP contribution in [0, 0.1) is 6.92 Å². The van der Waals surface area contributed by atoms with Gasteiger partial charge in [0.2, 0.25) is 9.84 Å². The van der Waals surface area contributed by atoms with Crippen molar-refractivity contribution in [1.82, 2.24) is 0 Å². The lowest BCUT2D eigenvalue weighted by molar-refractivity contribution is 0.602. The summed E-state index contributed by atoms with van der Waals surface area (Å²) in [6.07, 6.45) is 4.79. The maximum Gasteiger partial charge on any atom is 0.207 e. The van der Waals surface area contributed by atoms with Crippen LogP contribution >= 0.6 is 0 Å². The van der Waals surface area contributed by atoms with Gasteiger partial charge < -0.3 is 0 Å². The molecule has 0 fully saturated rings. The van der Waals surface area contributed by atoms with Crippen molar-refractivity contribution in [2.75, 3.05) is 0 Å². The van der Waals surface area contributed by atoms with Gasteiger partial charge in [-0.3, -0.25) is 0 Å². The summed E-state index contributed by atoms with van der Waals surface area (Å²) in [5.41, 5.74) is 2.42. The van der Waals surface area contributed by atoms with Crippen LogP contribution in [-0.2, 0) is 9.84 Å². The highest BCUT2D eigenvalue weighted by Gasteiger charge is 2.21. The smallest absolute Gasteiger partial charge is 0.207 e. The monoisotopic (exact) mass is 288 g/mol. The third-order valence-electron chi connectivity index (χ3n) is 2.75. The second kappa shape index (κ2) is 6.53. The van der Waals surface area contributed by atoms with Gasteiger partial charge in [0.05, 0.1) is 9.80 Å². The highest BCUT2D eigenvalue weighted by atomic mass is 32.2. The molecule has 0 aliphatic heterocycles. The first-order chi connectivity index (χ1) is 9.28. The summed E-state index contributed by atoms with van der Waals surface area (Å²) in [5.74, 6) is 0. The van der Waals surface area contributed by atoms with Crippen LogP contribution in [0.3, 0.4) is 0 Å². The molecule has 1 rings (SSSR count). The van der Waals surface area contributed by atoms with Crippen molar-refractivity contribution < 1.29 is 8.42 Å². The predicted molar refractivity (Wildman–Crippen MR) is 85.2 cm³/mol. The molecule has 0 spiro atoms. The summed E-state index contributed by atoms with van der Waals surface area (Å²) in [6.45, 7) is 13.1. The second-order valence-electron chi connectivity index (χ2n) is 4.82. The van der Waals surface area contributed by atoms with Crippen molar-refractivity contribution in [3.8, 4) is 0 Å². The summed E-state index contributed by atoms with van der Waals surface area (Å²) >= 11 is 0. The lowest BCUT2D eigenvalue weighted by Gasteiger charge is -2.09. The zero-order valence-electron chi connectivity index (χ0n) is 12.2. The first-order valence-electron chi connectivity index (χ1n) is 6.27. The number of hydrogen-bond donors (Lipinski definition) is 0. The van der Waals surface area contributed by atoms with E-state index in [-0.39, 0.29) is 9.80 Å². The Balaban J connectivity index is 3.43. The summed E-state index contributed by atoms with van der Waals surface area (Å²) < 4.78 is 25.3. The number of allylic oxidation sites excluding steroid dienone is 5. The lowest BCUT2D eigenvalue weighted by Crippen LogP contribution is -2.06. The molecule has 2 nitrogen and oxygen atoms in total. The van der Waals surface area contributed by atoms with E-state index in [0.717, 1.165) is 11.1 Å². The Labute approximate surface area is 121 Å². The van der Waals surface area contributed by atoms with E-state index in [1.807, 2.05) is 20.8 Å². The summed E-state index contributed by atoms with van der Waals surface area (Å²) in [6, 6.07) is 6.78. The van der Waals surface area contributed by atoms with Crippen LogP contribution in [0.2, 0.25) is 0 Å². The molecule has 0 saturated heterocycles. The number of benzene rings is 1. The third-order valence-corrected chi connectivity index (χ3v) is 4.62. The Bertz CT molecular complexity index is 668. The first kappa shape index (κ1) is 16.2. The molecule has 0 bridgehead atoms. The molecule has 1 aromatic carbocycles. The van der Waals surface area contributed by atoms with Crippen molar-refractivity contribution >= 4 is 9.84 Å². The molecular weight excluding hydrogens is 268 g/mol. The zero-order valence-corrected chi connectivity index (χ0v) is 13.0. The van der Waals surface area contributed by atoms with Crippen molar-refractivity contribution in [2.24, 2.45) is 0 Å². The van der Waals surface area contributed by atoms with Gasteiger partial charge in [-0.2, -0.15) is 0 Å². The molecule has 0 aliphatic carbocycles. The van der Waals surface area contributed by atoms with Crippen LogP contribution in [-0.4, -0.2) is 8.42 Å². The molecule has 0 aliphatic rings. The molecule has 106 valence electrons. The standard InChI is InChI=1S/C17H20O2S/c1-6-15(5)17(12-7-13(2)3)20(18,19)16-10-8-14(4)9-11-16/h6-12H,1,5H2,2-4H3. The fourth-order valence-corrected chi connectivity index (χ4v) is 2.98. The molecule has 1 aromatic rings. The van der Waals surface area contributed by atoms with Gasteiger partial charge in [-0.15, -0.1) is 0 Å². The van der Waals surface area contributed by atoms with Gasteiger partial charge in [0.15, 0.2) is 0 Å². The minimum absolute atomic E-state index is 0.178. The predicted octanol–water partition coefficient (Wildman–Crippen LogP) is 4.36. The first-order valence-corrected chi connectivity index (χ1v) is 7.76. The van der Waals surface area contributed by atoms with Crippen molar-refractivity contribution in [2.45, 2.75) is 25.7 Å². The molecule has 3 heteroatoms. The van der Waals surface area contributed by atoms with E-state index in [2.05, 4.69) is 13.2 Å². The average Bonchev–Trinajstić information content (AvgIpc) is 2.38. The minimum atomic E-state index is -3.58. The highest BCUT2D eigenvalue weighted by Crippen LogP contribution is 2.25. The molecule has 20 heavy (non-hydrogen) atoms. The van der Waals surface area contributed by atoms with E-state index >= 15 is 0 Å². The molecule has 0 amide bonds. The molecule has 0 aromatic heterocycles. The minimum Gasteiger partial charge on any atom is -0.218 e. The van der Waals surface area contributed by atoms with E-state index in [4.69, 9.17) is 0 Å². The number of hydrogen-bond acceptors (Lipinski definition) is 2. The largest absolute Gasteiger partial charge is 0.218 e.